The van der Waals surface area contributed by atoms with E-state index >= 15 is 0 Å². The van der Waals surface area contributed by atoms with Crippen molar-refractivity contribution in [3.8, 4) is 0 Å². The fraction of sp³-hybridized carbons (Fsp3) is 0. The van der Waals surface area contributed by atoms with E-state index in [-0.39, 0.29) is 10.5 Å². The molecule has 0 bridgehead atoms. The first-order chi connectivity index (χ1) is 9.49. The number of hydrogen-bond donors (Lipinski definition) is 2. The van der Waals surface area contributed by atoms with Crippen LogP contribution in [-0.4, -0.2) is 14.3 Å². The van der Waals surface area contributed by atoms with Crippen molar-refractivity contribution >= 4 is 27.5 Å². The summed E-state index contributed by atoms with van der Waals surface area (Å²) < 4.78 is 23.8. The normalized spacial score (nSPS) is 11.1. The molecule has 104 valence electrons. The monoisotopic (exact) mass is 310 g/mol. The van der Waals surface area contributed by atoms with Crippen molar-refractivity contribution in [2.75, 3.05) is 0 Å². The predicted molar refractivity (Wildman–Crippen MR) is 75.7 cm³/mol. The molecule has 0 fully saturated rings. The standard InChI is InChI=1S/C13H11ClN2O3S/c14-11-6-4-5-10(9-11)13(17)15-16-20(18,19)12-7-2-1-3-8-12/h1-9,16H,(H,15,17). The number of nitrogens with one attached hydrogen (secondary N) is 2. The second-order valence-corrected chi connectivity index (χ2v) is 6.00. The first-order valence-corrected chi connectivity index (χ1v) is 7.48. The fourth-order valence-electron chi connectivity index (χ4n) is 1.47. The third-order valence-corrected chi connectivity index (χ3v) is 3.94. The number of sulfonamides is 1. The van der Waals surface area contributed by atoms with Gasteiger partial charge in [-0.3, -0.25) is 10.2 Å². The average molecular weight is 311 g/mol. The Morgan fingerprint density at radius 2 is 1.70 bits per heavy atom. The zero-order valence-electron chi connectivity index (χ0n) is 10.2. The number of hydrazine groups is 1. The van der Waals surface area contributed by atoms with Gasteiger partial charge in [-0.1, -0.05) is 35.9 Å². The lowest BCUT2D eigenvalue weighted by Gasteiger charge is -2.08. The molecule has 5 nitrogen and oxygen atoms in total. The Labute approximate surface area is 121 Å². The fourth-order valence-corrected chi connectivity index (χ4v) is 2.52. The van der Waals surface area contributed by atoms with E-state index in [1.807, 2.05) is 4.83 Å². The van der Waals surface area contributed by atoms with Crippen LogP contribution >= 0.6 is 11.6 Å². The van der Waals surface area contributed by atoms with Crippen LogP contribution in [-0.2, 0) is 10.0 Å². The van der Waals surface area contributed by atoms with Crippen molar-refractivity contribution in [3.05, 3.63) is 65.2 Å². The van der Waals surface area contributed by atoms with E-state index in [0.717, 1.165) is 0 Å². The Morgan fingerprint density at radius 3 is 2.35 bits per heavy atom. The van der Waals surface area contributed by atoms with Gasteiger partial charge in [0.05, 0.1) is 4.90 Å². The Hall–Kier alpha value is -1.89. The molecule has 20 heavy (non-hydrogen) atoms. The van der Waals surface area contributed by atoms with Crippen molar-refractivity contribution in [2.24, 2.45) is 0 Å². The molecule has 0 radical (unpaired) electrons. The van der Waals surface area contributed by atoms with Gasteiger partial charge < -0.3 is 0 Å². The summed E-state index contributed by atoms with van der Waals surface area (Å²) in [5.41, 5.74) is 2.39. The number of hydrogen-bond acceptors (Lipinski definition) is 3. The van der Waals surface area contributed by atoms with Crippen LogP contribution in [0.1, 0.15) is 10.4 Å². The molecule has 0 saturated carbocycles. The van der Waals surface area contributed by atoms with Gasteiger partial charge in [0, 0.05) is 10.6 Å². The van der Waals surface area contributed by atoms with Crippen LogP contribution in [0.15, 0.2) is 59.5 Å². The lowest BCUT2D eigenvalue weighted by Crippen LogP contribution is -2.41. The van der Waals surface area contributed by atoms with Gasteiger partial charge in [-0.25, -0.2) is 8.42 Å². The van der Waals surface area contributed by atoms with Crippen molar-refractivity contribution in [3.63, 3.8) is 0 Å². The van der Waals surface area contributed by atoms with Crippen LogP contribution < -0.4 is 10.3 Å². The summed E-state index contributed by atoms with van der Waals surface area (Å²) >= 11 is 5.76. The van der Waals surface area contributed by atoms with Crippen LogP contribution in [0.2, 0.25) is 5.02 Å². The van der Waals surface area contributed by atoms with Crippen molar-refractivity contribution < 1.29 is 13.2 Å². The van der Waals surface area contributed by atoms with Gasteiger partial charge >= 0.3 is 0 Å². The number of benzene rings is 2. The van der Waals surface area contributed by atoms with Gasteiger partial charge in [-0.2, -0.15) is 0 Å². The second-order valence-electron chi connectivity index (χ2n) is 3.88. The maximum Gasteiger partial charge on any atom is 0.266 e. The number of amides is 1. The van der Waals surface area contributed by atoms with E-state index in [4.69, 9.17) is 11.6 Å². The molecule has 0 heterocycles. The number of rotatable bonds is 4. The highest BCUT2D eigenvalue weighted by molar-refractivity contribution is 7.89. The molecule has 0 atom stereocenters. The van der Waals surface area contributed by atoms with Crippen molar-refractivity contribution in [1.82, 2.24) is 10.3 Å². The van der Waals surface area contributed by atoms with Crippen molar-refractivity contribution in [1.29, 1.82) is 0 Å². The molecule has 2 aromatic rings. The molecule has 0 aromatic heterocycles. The minimum Gasteiger partial charge on any atom is -0.273 e. The highest BCUT2D eigenvalue weighted by Gasteiger charge is 2.15. The van der Waals surface area contributed by atoms with Gasteiger partial charge in [0.2, 0.25) is 0 Å². The lowest BCUT2D eigenvalue weighted by atomic mass is 10.2. The molecule has 1 amide bonds. The van der Waals surface area contributed by atoms with Crippen LogP contribution in [0.3, 0.4) is 0 Å². The van der Waals surface area contributed by atoms with E-state index in [1.165, 1.54) is 24.3 Å². The Morgan fingerprint density at radius 1 is 1.00 bits per heavy atom. The highest BCUT2D eigenvalue weighted by atomic mass is 35.5. The Balaban J connectivity index is 2.07. The zero-order valence-corrected chi connectivity index (χ0v) is 11.8. The largest absolute Gasteiger partial charge is 0.273 e. The Bertz CT molecular complexity index is 717. The van der Waals surface area contributed by atoms with E-state index < -0.39 is 15.9 Å². The van der Waals surface area contributed by atoms with Gasteiger partial charge in [0.15, 0.2) is 0 Å². The molecule has 7 heteroatoms. The highest BCUT2D eigenvalue weighted by Crippen LogP contribution is 2.10. The topological polar surface area (TPSA) is 75.3 Å². The predicted octanol–water partition coefficient (Wildman–Crippen LogP) is 1.96. The zero-order chi connectivity index (χ0) is 14.6. The minimum atomic E-state index is -3.79. The summed E-state index contributed by atoms with van der Waals surface area (Å²) in [6, 6.07) is 13.9. The van der Waals surface area contributed by atoms with Gasteiger partial charge in [-0.05, 0) is 30.3 Å². The second kappa shape index (κ2) is 6.04. The molecule has 0 saturated heterocycles. The first-order valence-electron chi connectivity index (χ1n) is 5.62. The number of halogens is 1. The summed E-state index contributed by atoms with van der Waals surface area (Å²) in [5.74, 6) is -0.591. The van der Waals surface area contributed by atoms with Gasteiger partial charge in [0.1, 0.15) is 0 Å². The first kappa shape index (κ1) is 14.5. The summed E-state index contributed by atoms with van der Waals surface area (Å²) in [5, 5.41) is 0.392. The van der Waals surface area contributed by atoms with Gasteiger partial charge in [0.25, 0.3) is 15.9 Å². The summed E-state index contributed by atoms with van der Waals surface area (Å²) in [6.07, 6.45) is 0. The Kier molecular flexibility index (Phi) is 4.39. The van der Waals surface area contributed by atoms with Crippen LogP contribution in [0.4, 0.5) is 0 Å². The van der Waals surface area contributed by atoms with Crippen LogP contribution in [0, 0.1) is 0 Å². The molecule has 0 aliphatic carbocycles. The molecule has 2 aromatic carbocycles. The minimum absolute atomic E-state index is 0.0615. The molecule has 0 unspecified atom stereocenters. The molecular formula is C13H11ClN2O3S. The maximum atomic E-state index is 11.9. The van der Waals surface area contributed by atoms with Crippen molar-refractivity contribution in [2.45, 2.75) is 4.90 Å². The molecule has 2 rings (SSSR count). The summed E-state index contributed by atoms with van der Waals surface area (Å²) in [4.78, 5) is 13.9. The average Bonchev–Trinajstić information content (AvgIpc) is 2.46. The SMILES string of the molecule is O=C(NNS(=O)(=O)c1ccccc1)c1cccc(Cl)c1. The van der Waals surface area contributed by atoms with Gasteiger partial charge in [-0.15, -0.1) is 4.83 Å². The number of carbonyl (C=O) groups is 1. The number of carbonyl (C=O) groups excluding carboxylic acids is 1. The quantitative estimate of drug-likeness (QED) is 0.848. The molecule has 0 aliphatic rings. The third-order valence-electron chi connectivity index (χ3n) is 2.44. The van der Waals surface area contributed by atoms with Crippen LogP contribution in [0.25, 0.3) is 0 Å². The maximum absolute atomic E-state index is 11.9. The van der Waals surface area contributed by atoms with E-state index in [2.05, 4.69) is 5.43 Å². The lowest BCUT2D eigenvalue weighted by molar-refractivity contribution is 0.0945. The smallest absolute Gasteiger partial charge is 0.266 e. The molecule has 2 N–H and O–H groups in total. The van der Waals surface area contributed by atoms with Crippen LogP contribution in [0.5, 0.6) is 0 Å². The molecule has 0 aliphatic heterocycles. The summed E-state index contributed by atoms with van der Waals surface area (Å²) in [7, 11) is -3.79. The molecule has 0 spiro atoms. The van der Waals surface area contributed by atoms with E-state index in [9.17, 15) is 13.2 Å². The third kappa shape index (κ3) is 3.57. The summed E-state index contributed by atoms with van der Waals surface area (Å²) in [6.45, 7) is 0. The van der Waals surface area contributed by atoms with E-state index in [1.54, 1.807) is 30.3 Å². The molecular weight excluding hydrogens is 300 g/mol. The van der Waals surface area contributed by atoms with E-state index in [0.29, 0.717) is 5.02 Å².